The van der Waals surface area contributed by atoms with Gasteiger partial charge in [-0.2, -0.15) is 0 Å². The van der Waals surface area contributed by atoms with Crippen molar-refractivity contribution in [3.05, 3.63) is 58.1 Å². The zero-order chi connectivity index (χ0) is 17.4. The fourth-order valence-electron chi connectivity index (χ4n) is 3.08. The van der Waals surface area contributed by atoms with Gasteiger partial charge in [0.25, 0.3) is 5.69 Å². The number of nitro benzene ring substituents is 1. The summed E-state index contributed by atoms with van der Waals surface area (Å²) in [6.07, 6.45) is 0. The number of nitro groups is 1. The molecule has 0 saturated carbocycles. The van der Waals surface area contributed by atoms with Crippen molar-refractivity contribution in [3.63, 3.8) is 0 Å². The molecule has 7 heteroatoms. The lowest BCUT2D eigenvalue weighted by Gasteiger charge is -2.34. The average Bonchev–Trinajstić information content (AvgIpc) is 2.78. The molecule has 25 heavy (non-hydrogen) atoms. The summed E-state index contributed by atoms with van der Waals surface area (Å²) < 4.78 is 6.01. The highest BCUT2D eigenvalue weighted by atomic mass is 16.6. The summed E-state index contributed by atoms with van der Waals surface area (Å²) in [4.78, 5) is 20.1. The predicted octanol–water partition coefficient (Wildman–Crippen LogP) is 3.03. The lowest BCUT2D eigenvalue weighted by molar-refractivity contribution is -0.384. The Morgan fingerprint density at radius 1 is 1.08 bits per heavy atom. The van der Waals surface area contributed by atoms with Crippen molar-refractivity contribution in [1.29, 1.82) is 0 Å². The minimum absolute atomic E-state index is 0.0372. The van der Waals surface area contributed by atoms with E-state index in [2.05, 4.69) is 16.8 Å². The van der Waals surface area contributed by atoms with Crippen molar-refractivity contribution in [2.45, 2.75) is 0 Å². The number of non-ortho nitro benzene ring substituents is 1. The zero-order valence-corrected chi connectivity index (χ0v) is 13.9. The van der Waals surface area contributed by atoms with Crippen LogP contribution in [0.25, 0.3) is 0 Å². The number of amidine groups is 1. The first-order valence-corrected chi connectivity index (χ1v) is 8.20. The third-order valence-corrected chi connectivity index (χ3v) is 4.53. The molecule has 2 aliphatic rings. The van der Waals surface area contributed by atoms with Gasteiger partial charge in [-0.3, -0.25) is 10.1 Å². The van der Waals surface area contributed by atoms with Crippen molar-refractivity contribution in [3.8, 4) is 11.5 Å². The maximum Gasteiger partial charge on any atom is 0.270 e. The highest BCUT2D eigenvalue weighted by Crippen LogP contribution is 2.39. The summed E-state index contributed by atoms with van der Waals surface area (Å²) in [5.74, 6) is 1.98. The molecule has 0 atom stereocenters. The standard InChI is InChI=1S/C18H18N4O3/c1-20-8-10-21(11-9-20)18-14-12-13(22(23)24)6-7-16(14)25-17-5-3-2-4-15(17)19-18/h2-7,12H,8-11H2,1H3. The van der Waals surface area contributed by atoms with Crippen LogP contribution in [0.1, 0.15) is 5.56 Å². The molecule has 2 aromatic carbocycles. The molecule has 0 bridgehead atoms. The molecular formula is C18H18N4O3. The Kier molecular flexibility index (Phi) is 3.85. The van der Waals surface area contributed by atoms with Crippen LogP contribution >= 0.6 is 0 Å². The number of hydrogen-bond acceptors (Lipinski definition) is 6. The number of rotatable bonds is 1. The Morgan fingerprint density at radius 3 is 2.60 bits per heavy atom. The van der Waals surface area contributed by atoms with Gasteiger partial charge in [-0.05, 0) is 25.2 Å². The summed E-state index contributed by atoms with van der Waals surface area (Å²) in [5, 5.41) is 11.2. The molecule has 2 heterocycles. The maximum absolute atomic E-state index is 11.2. The normalized spacial score (nSPS) is 17.0. The van der Waals surface area contributed by atoms with Crippen molar-refractivity contribution >= 4 is 17.2 Å². The van der Waals surface area contributed by atoms with Crippen LogP contribution in [0, 0.1) is 10.1 Å². The number of hydrogen-bond donors (Lipinski definition) is 0. The monoisotopic (exact) mass is 338 g/mol. The fraction of sp³-hybridized carbons (Fsp3) is 0.278. The third kappa shape index (κ3) is 2.94. The van der Waals surface area contributed by atoms with E-state index in [1.54, 1.807) is 12.1 Å². The average molecular weight is 338 g/mol. The van der Waals surface area contributed by atoms with Gasteiger partial charge in [0.05, 0.1) is 10.5 Å². The van der Waals surface area contributed by atoms with Gasteiger partial charge in [0.1, 0.15) is 17.3 Å². The Bertz CT molecular complexity index is 857. The fourth-order valence-corrected chi connectivity index (χ4v) is 3.08. The molecule has 4 rings (SSSR count). The second-order valence-corrected chi connectivity index (χ2v) is 6.23. The number of ether oxygens (including phenoxy) is 1. The summed E-state index contributed by atoms with van der Waals surface area (Å²) in [6, 6.07) is 12.2. The number of piperazine rings is 1. The number of likely N-dealkylation sites (N-methyl/N-ethyl adjacent to an activating group) is 1. The Morgan fingerprint density at radius 2 is 1.84 bits per heavy atom. The number of nitrogens with zero attached hydrogens (tertiary/aromatic N) is 4. The molecule has 2 aromatic rings. The van der Waals surface area contributed by atoms with E-state index in [1.807, 2.05) is 24.3 Å². The Labute approximate surface area is 145 Å². The van der Waals surface area contributed by atoms with Gasteiger partial charge in [-0.25, -0.2) is 4.99 Å². The van der Waals surface area contributed by atoms with Gasteiger partial charge in [0.15, 0.2) is 5.75 Å². The highest BCUT2D eigenvalue weighted by molar-refractivity contribution is 6.04. The van der Waals surface area contributed by atoms with E-state index in [0.717, 1.165) is 37.7 Å². The van der Waals surface area contributed by atoms with Crippen LogP contribution in [0.4, 0.5) is 11.4 Å². The van der Waals surface area contributed by atoms with E-state index in [-0.39, 0.29) is 10.6 Å². The van der Waals surface area contributed by atoms with Crippen LogP contribution in [0.3, 0.4) is 0 Å². The van der Waals surface area contributed by atoms with Crippen LogP contribution in [0.15, 0.2) is 47.5 Å². The third-order valence-electron chi connectivity index (χ3n) is 4.53. The van der Waals surface area contributed by atoms with Gasteiger partial charge >= 0.3 is 0 Å². The van der Waals surface area contributed by atoms with Crippen molar-refractivity contribution in [1.82, 2.24) is 9.80 Å². The summed E-state index contributed by atoms with van der Waals surface area (Å²) in [6.45, 7) is 3.48. The van der Waals surface area contributed by atoms with Gasteiger partial charge < -0.3 is 14.5 Å². The van der Waals surface area contributed by atoms with Crippen LogP contribution in [0.5, 0.6) is 11.5 Å². The topological polar surface area (TPSA) is 71.2 Å². The molecule has 1 fully saturated rings. The van der Waals surface area contributed by atoms with Gasteiger partial charge in [-0.1, -0.05) is 12.1 Å². The van der Waals surface area contributed by atoms with Crippen LogP contribution < -0.4 is 4.74 Å². The van der Waals surface area contributed by atoms with Crippen molar-refractivity contribution < 1.29 is 9.66 Å². The largest absolute Gasteiger partial charge is 0.454 e. The zero-order valence-electron chi connectivity index (χ0n) is 13.9. The first kappa shape index (κ1) is 15.6. The first-order valence-electron chi connectivity index (χ1n) is 8.20. The molecule has 0 amide bonds. The van der Waals surface area contributed by atoms with E-state index in [4.69, 9.17) is 9.73 Å². The van der Waals surface area contributed by atoms with Crippen LogP contribution in [-0.2, 0) is 0 Å². The number of benzene rings is 2. The molecule has 0 aromatic heterocycles. The van der Waals surface area contributed by atoms with E-state index in [1.165, 1.54) is 6.07 Å². The molecule has 2 aliphatic heterocycles. The highest BCUT2D eigenvalue weighted by Gasteiger charge is 2.26. The van der Waals surface area contributed by atoms with Crippen LogP contribution in [0.2, 0.25) is 0 Å². The molecule has 1 saturated heterocycles. The number of fused-ring (bicyclic) bond motifs is 2. The maximum atomic E-state index is 11.2. The predicted molar refractivity (Wildman–Crippen MR) is 94.9 cm³/mol. The SMILES string of the molecule is CN1CCN(C2=Nc3ccccc3Oc3ccc([N+](=O)[O-])cc32)CC1. The second kappa shape index (κ2) is 6.18. The molecule has 0 unspecified atom stereocenters. The van der Waals surface area contributed by atoms with E-state index >= 15 is 0 Å². The first-order chi connectivity index (χ1) is 12.1. The molecular weight excluding hydrogens is 320 g/mol. The lowest BCUT2D eigenvalue weighted by Crippen LogP contribution is -2.47. The molecule has 7 nitrogen and oxygen atoms in total. The minimum Gasteiger partial charge on any atom is -0.454 e. The Balaban J connectivity index is 1.85. The van der Waals surface area contributed by atoms with E-state index in [9.17, 15) is 10.1 Å². The minimum atomic E-state index is -0.389. The van der Waals surface area contributed by atoms with Gasteiger partial charge in [-0.15, -0.1) is 0 Å². The van der Waals surface area contributed by atoms with Crippen LogP contribution in [-0.4, -0.2) is 53.8 Å². The molecule has 0 aliphatic carbocycles. The summed E-state index contributed by atoms with van der Waals surface area (Å²) in [5.41, 5.74) is 1.43. The van der Waals surface area contributed by atoms with Gasteiger partial charge in [0, 0.05) is 38.3 Å². The smallest absolute Gasteiger partial charge is 0.270 e. The van der Waals surface area contributed by atoms with E-state index in [0.29, 0.717) is 17.1 Å². The Hall–Kier alpha value is -2.93. The molecule has 128 valence electrons. The van der Waals surface area contributed by atoms with Gasteiger partial charge in [0.2, 0.25) is 0 Å². The number of para-hydroxylation sites is 2. The molecule has 0 spiro atoms. The molecule has 0 radical (unpaired) electrons. The number of aliphatic imine (C=N–C) groups is 1. The summed E-state index contributed by atoms with van der Waals surface area (Å²) in [7, 11) is 2.09. The van der Waals surface area contributed by atoms with Crippen molar-refractivity contribution in [2.24, 2.45) is 4.99 Å². The second-order valence-electron chi connectivity index (χ2n) is 6.23. The molecule has 0 N–H and O–H groups in total. The van der Waals surface area contributed by atoms with E-state index < -0.39 is 0 Å². The quantitative estimate of drug-likeness (QED) is 0.590. The van der Waals surface area contributed by atoms with Crippen molar-refractivity contribution in [2.75, 3.05) is 33.2 Å². The summed E-state index contributed by atoms with van der Waals surface area (Å²) >= 11 is 0. The lowest BCUT2D eigenvalue weighted by atomic mass is 10.1.